The van der Waals surface area contributed by atoms with E-state index in [1.54, 1.807) is 0 Å². The molecule has 3 unspecified atom stereocenters. The summed E-state index contributed by atoms with van der Waals surface area (Å²) < 4.78 is 0. The van der Waals surface area contributed by atoms with Gasteiger partial charge in [0.25, 0.3) is 0 Å². The Labute approximate surface area is 263 Å². The maximum atomic E-state index is 5.55. The summed E-state index contributed by atoms with van der Waals surface area (Å²) in [6.07, 6.45) is 4.56. The van der Waals surface area contributed by atoms with Gasteiger partial charge in [-0.05, 0) is 79.8 Å². The van der Waals surface area contributed by atoms with Crippen molar-refractivity contribution in [3.63, 3.8) is 0 Å². The van der Waals surface area contributed by atoms with Crippen LogP contribution >= 0.6 is 15.8 Å². The number of fused-ring (bicyclic) bond motifs is 6. The topological polar surface area (TPSA) is 25.8 Å². The largest absolute Gasteiger partial charge is 0.249 e. The Morgan fingerprint density at radius 1 is 0.545 bits per heavy atom. The van der Waals surface area contributed by atoms with Crippen LogP contribution in [0.1, 0.15) is 37.1 Å². The van der Waals surface area contributed by atoms with Gasteiger partial charge in [-0.15, -0.1) is 0 Å². The number of rotatable bonds is 8. The molecule has 216 valence electrons. The SMILES string of the molecule is CC1(CP(c2ccccc2)c2ccccc2)C2CCC1(CP(c1ccccc1)c1ccccc1)c1nc3ccccc3nc12. The van der Waals surface area contributed by atoms with Gasteiger partial charge in [-0.3, -0.25) is 0 Å². The van der Waals surface area contributed by atoms with E-state index in [0.717, 1.165) is 23.4 Å². The zero-order valence-electron chi connectivity index (χ0n) is 25.1. The monoisotopic (exact) mass is 606 g/mol. The van der Waals surface area contributed by atoms with Crippen LogP contribution in [0, 0.1) is 5.41 Å². The zero-order chi connectivity index (χ0) is 29.6. The summed E-state index contributed by atoms with van der Waals surface area (Å²) in [5.74, 6) is 0.399. The number of nitrogens with zero attached hydrogens (tertiary/aromatic N) is 2. The summed E-state index contributed by atoms with van der Waals surface area (Å²) in [5.41, 5.74) is 4.56. The van der Waals surface area contributed by atoms with Crippen LogP contribution < -0.4 is 21.2 Å². The molecular weight excluding hydrogens is 570 g/mol. The van der Waals surface area contributed by atoms with Gasteiger partial charge in [0.15, 0.2) is 0 Å². The Morgan fingerprint density at radius 3 is 1.43 bits per heavy atom. The molecule has 3 atom stereocenters. The fourth-order valence-corrected chi connectivity index (χ4v) is 13.9. The molecule has 6 aromatic rings. The van der Waals surface area contributed by atoms with Crippen molar-refractivity contribution in [3.8, 4) is 0 Å². The molecule has 2 aliphatic carbocycles. The van der Waals surface area contributed by atoms with E-state index >= 15 is 0 Å². The normalized spacial score (nSPS) is 22.1. The van der Waals surface area contributed by atoms with Gasteiger partial charge in [0.2, 0.25) is 0 Å². The van der Waals surface area contributed by atoms with Gasteiger partial charge < -0.3 is 0 Å². The molecule has 0 amide bonds. The first-order valence-corrected chi connectivity index (χ1v) is 18.7. The van der Waals surface area contributed by atoms with Gasteiger partial charge in [0.05, 0.1) is 22.4 Å². The van der Waals surface area contributed by atoms with Crippen LogP contribution in [0.2, 0.25) is 0 Å². The Bertz CT molecular complexity index is 1820. The maximum absolute atomic E-state index is 5.55. The van der Waals surface area contributed by atoms with Crippen molar-refractivity contribution in [1.82, 2.24) is 9.97 Å². The van der Waals surface area contributed by atoms with Crippen molar-refractivity contribution in [2.75, 3.05) is 12.3 Å². The van der Waals surface area contributed by atoms with E-state index < -0.39 is 15.8 Å². The minimum Gasteiger partial charge on any atom is -0.249 e. The minimum atomic E-state index is -0.610. The van der Waals surface area contributed by atoms with Crippen LogP contribution in [0.5, 0.6) is 0 Å². The van der Waals surface area contributed by atoms with Crippen LogP contribution in [0.4, 0.5) is 0 Å². The van der Waals surface area contributed by atoms with Gasteiger partial charge in [-0.25, -0.2) is 9.97 Å². The van der Waals surface area contributed by atoms with E-state index in [-0.39, 0.29) is 10.8 Å². The summed E-state index contributed by atoms with van der Waals surface area (Å²) in [6.45, 7) is 2.61. The zero-order valence-corrected chi connectivity index (χ0v) is 26.8. The van der Waals surface area contributed by atoms with E-state index in [2.05, 4.69) is 153 Å². The second kappa shape index (κ2) is 11.3. The third kappa shape index (κ3) is 4.54. The molecule has 0 aliphatic heterocycles. The number of para-hydroxylation sites is 2. The third-order valence-electron chi connectivity index (χ3n) is 10.3. The third-order valence-corrected chi connectivity index (χ3v) is 15.8. The first-order valence-electron chi connectivity index (χ1n) is 15.7. The lowest BCUT2D eigenvalue weighted by Gasteiger charge is -2.45. The second-order valence-corrected chi connectivity index (χ2v) is 17.0. The smallest absolute Gasteiger partial charge is 0.0890 e. The lowest BCUT2D eigenvalue weighted by Crippen LogP contribution is -2.45. The molecule has 5 aromatic carbocycles. The maximum Gasteiger partial charge on any atom is 0.0890 e. The van der Waals surface area contributed by atoms with Crippen molar-refractivity contribution < 1.29 is 0 Å². The van der Waals surface area contributed by atoms with Crippen LogP contribution in [0.15, 0.2) is 146 Å². The van der Waals surface area contributed by atoms with Gasteiger partial charge >= 0.3 is 0 Å². The molecule has 0 radical (unpaired) electrons. The molecular formula is C40H36N2P2. The van der Waals surface area contributed by atoms with Crippen LogP contribution in [-0.4, -0.2) is 22.3 Å². The van der Waals surface area contributed by atoms with Crippen molar-refractivity contribution in [3.05, 3.63) is 157 Å². The lowest BCUT2D eigenvalue weighted by atomic mass is 9.69. The summed E-state index contributed by atoms with van der Waals surface area (Å²) >= 11 is 0. The summed E-state index contributed by atoms with van der Waals surface area (Å²) in [6, 6.07) is 53.6. The van der Waals surface area contributed by atoms with E-state index in [0.29, 0.717) is 5.92 Å². The van der Waals surface area contributed by atoms with Crippen molar-refractivity contribution in [2.45, 2.75) is 31.1 Å². The van der Waals surface area contributed by atoms with Crippen LogP contribution in [-0.2, 0) is 5.41 Å². The van der Waals surface area contributed by atoms with Crippen LogP contribution in [0.25, 0.3) is 11.0 Å². The molecule has 0 saturated heterocycles. The van der Waals surface area contributed by atoms with E-state index in [4.69, 9.17) is 9.97 Å². The number of hydrogen-bond donors (Lipinski definition) is 0. The molecule has 1 heterocycles. The molecule has 2 nitrogen and oxygen atoms in total. The Kier molecular flexibility index (Phi) is 7.17. The fraction of sp³-hybridized carbons (Fsp3) is 0.200. The molecule has 1 fully saturated rings. The molecule has 44 heavy (non-hydrogen) atoms. The first kappa shape index (κ1) is 27.8. The molecule has 2 aliphatic rings. The number of benzene rings is 5. The predicted octanol–water partition coefficient (Wildman–Crippen LogP) is 8.03. The van der Waals surface area contributed by atoms with Crippen molar-refractivity contribution in [2.24, 2.45) is 5.41 Å². The van der Waals surface area contributed by atoms with Gasteiger partial charge in [0, 0.05) is 11.3 Å². The average molecular weight is 607 g/mol. The summed E-state index contributed by atoms with van der Waals surface area (Å²) in [5, 5.41) is 5.81. The van der Waals surface area contributed by atoms with Gasteiger partial charge in [0.1, 0.15) is 0 Å². The molecule has 4 heteroatoms. The second-order valence-electron chi connectivity index (χ2n) is 12.6. The summed E-state index contributed by atoms with van der Waals surface area (Å²) in [4.78, 5) is 11.0. The lowest BCUT2D eigenvalue weighted by molar-refractivity contribution is 0.237. The Morgan fingerprint density at radius 2 is 0.955 bits per heavy atom. The quantitative estimate of drug-likeness (QED) is 0.164. The first-order chi connectivity index (χ1) is 21.7. The highest BCUT2D eigenvalue weighted by Gasteiger charge is 2.66. The van der Waals surface area contributed by atoms with Crippen molar-refractivity contribution in [1.29, 1.82) is 0 Å². The highest BCUT2D eigenvalue weighted by molar-refractivity contribution is 7.73. The summed E-state index contributed by atoms with van der Waals surface area (Å²) in [7, 11) is -1.19. The van der Waals surface area contributed by atoms with Crippen molar-refractivity contribution >= 4 is 48.1 Å². The molecule has 2 bridgehead atoms. The van der Waals surface area contributed by atoms with E-state index in [9.17, 15) is 0 Å². The number of hydrogen-bond acceptors (Lipinski definition) is 2. The van der Waals surface area contributed by atoms with Crippen LogP contribution in [0.3, 0.4) is 0 Å². The highest BCUT2D eigenvalue weighted by Crippen LogP contribution is 2.72. The molecule has 1 saturated carbocycles. The van der Waals surface area contributed by atoms with Gasteiger partial charge in [-0.2, -0.15) is 0 Å². The average Bonchev–Trinajstić information content (AvgIpc) is 3.48. The fourth-order valence-electron chi connectivity index (χ4n) is 8.05. The standard InChI is InChI=1S/C40H36N2P2/c1-39(28-43(30-16-6-2-7-17-30)31-18-8-3-9-19-31)34-26-27-40(39,38-37(34)41-35-24-14-15-25-36(35)42-38)29-44(32-20-10-4-11-21-32)33-22-12-5-13-23-33/h2-25,34H,26-29H2,1H3. The van der Waals surface area contributed by atoms with E-state index in [1.165, 1.54) is 45.4 Å². The molecule has 0 N–H and O–H groups in total. The minimum absolute atomic E-state index is 0.0221. The Hall–Kier alpha value is -3.70. The Balaban J connectivity index is 1.33. The number of aromatic nitrogens is 2. The van der Waals surface area contributed by atoms with Gasteiger partial charge in [-0.1, -0.05) is 140 Å². The van der Waals surface area contributed by atoms with E-state index in [1.807, 2.05) is 0 Å². The molecule has 8 rings (SSSR count). The molecule has 1 aromatic heterocycles. The predicted molar refractivity (Wildman–Crippen MR) is 189 cm³/mol. The highest BCUT2D eigenvalue weighted by atomic mass is 31.1. The molecule has 0 spiro atoms.